The second-order valence-electron chi connectivity index (χ2n) is 3.82. The molecule has 18 heavy (non-hydrogen) atoms. The molecule has 2 rings (SSSR count). The van der Waals surface area contributed by atoms with Gasteiger partial charge in [-0.05, 0) is 22.0 Å². The van der Waals surface area contributed by atoms with Crippen molar-refractivity contribution < 1.29 is 13.2 Å². The van der Waals surface area contributed by atoms with Crippen LogP contribution in [0.5, 0.6) is 0 Å². The van der Waals surface area contributed by atoms with Gasteiger partial charge in [0.2, 0.25) is 0 Å². The summed E-state index contributed by atoms with van der Waals surface area (Å²) < 4.78 is 40.7. The van der Waals surface area contributed by atoms with E-state index in [1.54, 1.807) is 0 Å². The predicted octanol–water partition coefficient (Wildman–Crippen LogP) is 4.17. The molecule has 0 aliphatic carbocycles. The van der Waals surface area contributed by atoms with Crippen LogP contribution in [0.25, 0.3) is 0 Å². The summed E-state index contributed by atoms with van der Waals surface area (Å²) in [7, 11) is 0. The third-order valence-electron chi connectivity index (χ3n) is 2.46. The molecule has 6 heteroatoms. The monoisotopic (exact) mass is 335 g/mol. The summed E-state index contributed by atoms with van der Waals surface area (Å²) in [5.41, 5.74) is 5.50. The first-order valence-electron chi connectivity index (χ1n) is 5.10. The summed E-state index contributed by atoms with van der Waals surface area (Å²) in [6, 6.07) is 2.28. The van der Waals surface area contributed by atoms with Crippen LogP contribution >= 0.6 is 27.3 Å². The van der Waals surface area contributed by atoms with Crippen molar-refractivity contribution in [3.8, 4) is 0 Å². The van der Waals surface area contributed by atoms with Crippen LogP contribution in [-0.4, -0.2) is 0 Å². The maximum Gasteiger partial charge on any atom is 0.133 e. The lowest BCUT2D eigenvalue weighted by molar-refractivity contribution is 0.502. The fourth-order valence-electron chi connectivity index (χ4n) is 1.69. The van der Waals surface area contributed by atoms with Gasteiger partial charge < -0.3 is 5.73 Å². The fraction of sp³-hybridized carbons (Fsp3) is 0.167. The number of thiophene rings is 1. The van der Waals surface area contributed by atoms with Crippen LogP contribution in [0.1, 0.15) is 16.5 Å². The van der Waals surface area contributed by atoms with E-state index in [1.807, 2.05) is 11.4 Å². The quantitative estimate of drug-likeness (QED) is 0.894. The van der Waals surface area contributed by atoms with Gasteiger partial charge in [-0.25, -0.2) is 13.2 Å². The molecule has 2 N–H and O–H groups in total. The van der Waals surface area contributed by atoms with Gasteiger partial charge in [0, 0.05) is 44.9 Å². The molecule has 0 spiro atoms. The highest BCUT2D eigenvalue weighted by molar-refractivity contribution is 9.10. The smallest absolute Gasteiger partial charge is 0.133 e. The Balaban J connectivity index is 2.26. The molecule has 0 saturated carbocycles. The Hall–Kier alpha value is -0.850. The first kappa shape index (κ1) is 13.6. The van der Waals surface area contributed by atoms with Gasteiger partial charge in [-0.1, -0.05) is 0 Å². The Morgan fingerprint density at radius 2 is 1.78 bits per heavy atom. The van der Waals surface area contributed by atoms with E-state index in [1.165, 1.54) is 11.3 Å². The summed E-state index contributed by atoms with van der Waals surface area (Å²) in [4.78, 5) is 0.900. The van der Waals surface area contributed by atoms with Crippen LogP contribution < -0.4 is 5.73 Å². The first-order chi connectivity index (χ1) is 8.47. The molecule has 1 atom stereocenters. The highest BCUT2D eigenvalue weighted by Gasteiger charge is 2.19. The number of benzene rings is 1. The van der Waals surface area contributed by atoms with E-state index >= 15 is 0 Å². The molecule has 1 aromatic carbocycles. The van der Waals surface area contributed by atoms with Gasteiger partial charge in [0.05, 0.1) is 0 Å². The molecule has 0 radical (unpaired) electrons. The van der Waals surface area contributed by atoms with E-state index in [-0.39, 0.29) is 5.56 Å². The van der Waals surface area contributed by atoms with Gasteiger partial charge in [0.1, 0.15) is 17.5 Å². The topological polar surface area (TPSA) is 26.0 Å². The summed E-state index contributed by atoms with van der Waals surface area (Å²) in [5, 5.41) is 1.86. The number of rotatable bonds is 3. The summed E-state index contributed by atoms with van der Waals surface area (Å²) in [6.45, 7) is 0. The van der Waals surface area contributed by atoms with E-state index in [0.717, 1.165) is 9.35 Å². The molecule has 1 unspecified atom stereocenters. The maximum absolute atomic E-state index is 13.5. The van der Waals surface area contributed by atoms with Gasteiger partial charge in [0.15, 0.2) is 0 Å². The third kappa shape index (κ3) is 2.93. The molecular formula is C12H9BrF3NS. The van der Waals surface area contributed by atoms with Gasteiger partial charge in [0.25, 0.3) is 0 Å². The molecule has 0 aliphatic rings. The van der Waals surface area contributed by atoms with E-state index in [4.69, 9.17) is 5.73 Å². The number of hydrogen-bond donors (Lipinski definition) is 1. The van der Waals surface area contributed by atoms with Gasteiger partial charge >= 0.3 is 0 Å². The van der Waals surface area contributed by atoms with E-state index < -0.39 is 23.5 Å². The second kappa shape index (κ2) is 5.42. The molecule has 0 bridgehead atoms. The molecule has 1 aromatic heterocycles. The van der Waals surface area contributed by atoms with Crippen molar-refractivity contribution in [3.63, 3.8) is 0 Å². The summed E-state index contributed by atoms with van der Waals surface area (Å²) >= 11 is 4.73. The molecule has 2 aromatic rings. The van der Waals surface area contributed by atoms with E-state index in [0.29, 0.717) is 18.6 Å². The maximum atomic E-state index is 13.5. The van der Waals surface area contributed by atoms with Crippen molar-refractivity contribution >= 4 is 27.3 Å². The Morgan fingerprint density at radius 1 is 1.17 bits per heavy atom. The normalized spacial score (nSPS) is 12.7. The highest BCUT2D eigenvalue weighted by Crippen LogP contribution is 2.27. The molecule has 0 amide bonds. The zero-order valence-corrected chi connectivity index (χ0v) is 11.5. The second-order valence-corrected chi connectivity index (χ2v) is 5.74. The van der Waals surface area contributed by atoms with Crippen LogP contribution in [0.4, 0.5) is 13.2 Å². The lowest BCUT2D eigenvalue weighted by Gasteiger charge is -2.13. The Kier molecular flexibility index (Phi) is 4.09. The number of halogens is 4. The molecule has 0 fully saturated rings. The predicted molar refractivity (Wildman–Crippen MR) is 69.0 cm³/mol. The lowest BCUT2D eigenvalue weighted by atomic mass is 10.0. The molecule has 0 aliphatic heterocycles. The zero-order chi connectivity index (χ0) is 13.3. The van der Waals surface area contributed by atoms with Crippen molar-refractivity contribution in [1.82, 2.24) is 0 Å². The van der Waals surface area contributed by atoms with Crippen molar-refractivity contribution in [1.29, 1.82) is 0 Å². The average Bonchev–Trinajstić information content (AvgIpc) is 2.62. The zero-order valence-electron chi connectivity index (χ0n) is 9.09. The standard InChI is InChI=1S/C12H9BrF3NS/c13-6-1-8(18-5-6)4-11(17)12-9(15)2-7(14)3-10(12)16/h1-3,5,11H,4,17H2. The minimum absolute atomic E-state index is 0.277. The van der Waals surface area contributed by atoms with Crippen molar-refractivity contribution in [2.75, 3.05) is 0 Å². The van der Waals surface area contributed by atoms with Crippen molar-refractivity contribution in [2.45, 2.75) is 12.5 Å². The van der Waals surface area contributed by atoms with Gasteiger partial charge in [-0.2, -0.15) is 0 Å². The Labute approximate surface area is 115 Å². The van der Waals surface area contributed by atoms with Crippen LogP contribution in [0.3, 0.4) is 0 Å². The lowest BCUT2D eigenvalue weighted by Crippen LogP contribution is -2.16. The van der Waals surface area contributed by atoms with Crippen molar-refractivity contribution in [2.24, 2.45) is 5.73 Å². The number of hydrogen-bond acceptors (Lipinski definition) is 2. The summed E-state index contributed by atoms with van der Waals surface area (Å²) in [6.07, 6.45) is 0.301. The number of nitrogens with two attached hydrogens (primary N) is 1. The highest BCUT2D eigenvalue weighted by atomic mass is 79.9. The molecule has 1 heterocycles. The Morgan fingerprint density at radius 3 is 2.28 bits per heavy atom. The average molecular weight is 336 g/mol. The minimum atomic E-state index is -0.948. The van der Waals surface area contributed by atoms with E-state index in [2.05, 4.69) is 15.9 Å². The SMILES string of the molecule is NC(Cc1cc(Br)cs1)c1c(F)cc(F)cc1F. The fourth-order valence-corrected chi connectivity index (χ4v) is 3.20. The molecule has 96 valence electrons. The molecule has 0 saturated heterocycles. The van der Waals surface area contributed by atoms with Crippen molar-refractivity contribution in [3.05, 3.63) is 55.9 Å². The first-order valence-corrected chi connectivity index (χ1v) is 6.77. The molecule has 1 nitrogen and oxygen atoms in total. The van der Waals surface area contributed by atoms with Crippen LogP contribution in [0, 0.1) is 17.5 Å². The van der Waals surface area contributed by atoms with Gasteiger partial charge in [-0.3, -0.25) is 0 Å². The van der Waals surface area contributed by atoms with E-state index in [9.17, 15) is 13.2 Å². The minimum Gasteiger partial charge on any atom is -0.323 e. The largest absolute Gasteiger partial charge is 0.323 e. The van der Waals surface area contributed by atoms with Crippen LogP contribution in [-0.2, 0) is 6.42 Å². The van der Waals surface area contributed by atoms with Gasteiger partial charge in [-0.15, -0.1) is 11.3 Å². The Bertz CT molecular complexity index is 547. The van der Waals surface area contributed by atoms with Crippen LogP contribution in [0.15, 0.2) is 28.1 Å². The van der Waals surface area contributed by atoms with Crippen LogP contribution in [0.2, 0.25) is 0 Å². The summed E-state index contributed by atoms with van der Waals surface area (Å²) in [5.74, 6) is -2.84. The third-order valence-corrected chi connectivity index (χ3v) is 4.18. The molecular weight excluding hydrogens is 327 g/mol.